The summed E-state index contributed by atoms with van der Waals surface area (Å²) in [6.45, 7) is 3.54. The molecule has 0 unspecified atom stereocenters. The summed E-state index contributed by atoms with van der Waals surface area (Å²) in [7, 11) is -4.25. The standard InChI is InChI=1S/C19H21F3N2O3S/c1-18(2,14-7-4-3-5-8-14)13-23-17(25)12-24-28(26,27)16-10-6-9-15(11-16)19(20,21)22/h3-11,24H,12-13H2,1-2H3,(H,23,25). The van der Waals surface area contributed by atoms with Gasteiger partial charge in [-0.15, -0.1) is 0 Å². The predicted octanol–water partition coefficient (Wildman–Crippen LogP) is 3.08. The summed E-state index contributed by atoms with van der Waals surface area (Å²) < 4.78 is 64.6. The average Bonchev–Trinajstić information content (AvgIpc) is 2.65. The van der Waals surface area contributed by atoms with Crippen LogP contribution in [0.4, 0.5) is 13.2 Å². The van der Waals surface area contributed by atoms with E-state index >= 15 is 0 Å². The lowest BCUT2D eigenvalue weighted by Gasteiger charge is -2.25. The van der Waals surface area contributed by atoms with Gasteiger partial charge in [0, 0.05) is 12.0 Å². The maximum absolute atomic E-state index is 12.7. The molecule has 2 rings (SSSR count). The number of nitrogens with one attached hydrogen (secondary N) is 2. The second-order valence-electron chi connectivity index (χ2n) is 6.88. The Kier molecular flexibility index (Phi) is 6.51. The van der Waals surface area contributed by atoms with Gasteiger partial charge in [-0.2, -0.15) is 13.2 Å². The Balaban J connectivity index is 1.97. The molecule has 0 aromatic heterocycles. The van der Waals surface area contributed by atoms with Gasteiger partial charge in [-0.1, -0.05) is 50.2 Å². The van der Waals surface area contributed by atoms with Gasteiger partial charge in [-0.25, -0.2) is 13.1 Å². The molecule has 0 aliphatic rings. The molecule has 0 saturated carbocycles. The van der Waals surface area contributed by atoms with Crippen molar-refractivity contribution in [2.24, 2.45) is 0 Å². The minimum Gasteiger partial charge on any atom is -0.354 e. The first kappa shape index (κ1) is 21.9. The predicted molar refractivity (Wildman–Crippen MR) is 99.1 cm³/mol. The van der Waals surface area contributed by atoms with Crippen LogP contribution in [0.15, 0.2) is 59.5 Å². The number of hydrogen-bond acceptors (Lipinski definition) is 3. The Labute approximate surface area is 162 Å². The molecule has 5 nitrogen and oxygen atoms in total. The third kappa shape index (κ3) is 5.80. The van der Waals surface area contributed by atoms with Gasteiger partial charge in [0.1, 0.15) is 0 Å². The first-order valence-corrected chi connectivity index (χ1v) is 9.89. The van der Waals surface area contributed by atoms with Crippen molar-refractivity contribution >= 4 is 15.9 Å². The molecule has 0 atom stereocenters. The van der Waals surface area contributed by atoms with E-state index in [9.17, 15) is 26.4 Å². The van der Waals surface area contributed by atoms with Gasteiger partial charge in [0.05, 0.1) is 17.0 Å². The summed E-state index contributed by atoms with van der Waals surface area (Å²) in [6.07, 6.45) is -4.66. The highest BCUT2D eigenvalue weighted by molar-refractivity contribution is 7.89. The average molecular weight is 414 g/mol. The zero-order chi connectivity index (χ0) is 21.0. The Morgan fingerprint density at radius 1 is 0.964 bits per heavy atom. The maximum Gasteiger partial charge on any atom is 0.416 e. The van der Waals surface area contributed by atoms with E-state index in [1.165, 1.54) is 0 Å². The van der Waals surface area contributed by atoms with Gasteiger partial charge >= 0.3 is 6.18 Å². The first-order valence-electron chi connectivity index (χ1n) is 8.41. The fourth-order valence-electron chi connectivity index (χ4n) is 2.46. The molecule has 28 heavy (non-hydrogen) atoms. The lowest BCUT2D eigenvalue weighted by atomic mass is 9.84. The normalized spacial score (nSPS) is 12.6. The van der Waals surface area contributed by atoms with Crippen molar-refractivity contribution in [2.45, 2.75) is 30.3 Å². The first-order chi connectivity index (χ1) is 12.9. The largest absolute Gasteiger partial charge is 0.416 e. The summed E-state index contributed by atoms with van der Waals surface area (Å²) in [5.74, 6) is -0.584. The fraction of sp³-hybridized carbons (Fsp3) is 0.316. The van der Waals surface area contributed by atoms with Crippen LogP contribution in [0.25, 0.3) is 0 Å². The lowest BCUT2D eigenvalue weighted by Crippen LogP contribution is -2.42. The van der Waals surface area contributed by atoms with Crippen LogP contribution in [0.2, 0.25) is 0 Å². The Morgan fingerprint density at radius 2 is 1.57 bits per heavy atom. The van der Waals surface area contributed by atoms with E-state index < -0.39 is 39.1 Å². The molecule has 0 heterocycles. The summed E-state index contributed by atoms with van der Waals surface area (Å²) in [5, 5.41) is 2.64. The fourth-order valence-corrected chi connectivity index (χ4v) is 3.48. The number of halogens is 3. The van der Waals surface area contributed by atoms with Crippen molar-refractivity contribution in [3.05, 3.63) is 65.7 Å². The van der Waals surface area contributed by atoms with Crippen LogP contribution in [0, 0.1) is 0 Å². The van der Waals surface area contributed by atoms with E-state index in [1.807, 2.05) is 48.9 Å². The van der Waals surface area contributed by atoms with Crippen LogP contribution in [-0.4, -0.2) is 27.4 Å². The quantitative estimate of drug-likeness (QED) is 0.731. The van der Waals surface area contributed by atoms with Crippen LogP contribution in [0.5, 0.6) is 0 Å². The van der Waals surface area contributed by atoms with Gasteiger partial charge in [-0.3, -0.25) is 4.79 Å². The van der Waals surface area contributed by atoms with Crippen LogP contribution in [-0.2, 0) is 26.4 Å². The van der Waals surface area contributed by atoms with Crippen molar-refractivity contribution in [1.82, 2.24) is 10.0 Å². The number of carbonyl (C=O) groups is 1. The number of hydrogen-bond donors (Lipinski definition) is 2. The number of carbonyl (C=O) groups excluding carboxylic acids is 1. The highest BCUT2D eigenvalue weighted by Crippen LogP contribution is 2.30. The van der Waals surface area contributed by atoms with E-state index in [2.05, 4.69) is 5.32 Å². The van der Waals surface area contributed by atoms with E-state index in [1.54, 1.807) is 0 Å². The Hall–Kier alpha value is -2.39. The molecule has 0 bridgehead atoms. The highest BCUT2D eigenvalue weighted by atomic mass is 32.2. The van der Waals surface area contributed by atoms with Crippen molar-refractivity contribution in [3.8, 4) is 0 Å². The topological polar surface area (TPSA) is 75.3 Å². The van der Waals surface area contributed by atoms with Gasteiger partial charge in [-0.05, 0) is 23.8 Å². The molecule has 0 radical (unpaired) electrons. The van der Waals surface area contributed by atoms with E-state index in [0.717, 1.165) is 23.8 Å². The number of rotatable bonds is 7. The molecular formula is C19H21F3N2O3S. The molecule has 1 amide bonds. The Morgan fingerprint density at radius 3 is 2.18 bits per heavy atom. The van der Waals surface area contributed by atoms with Gasteiger partial charge < -0.3 is 5.32 Å². The zero-order valence-electron chi connectivity index (χ0n) is 15.4. The van der Waals surface area contributed by atoms with Crippen molar-refractivity contribution in [2.75, 3.05) is 13.1 Å². The molecule has 2 N–H and O–H groups in total. The number of alkyl halides is 3. The number of sulfonamides is 1. The van der Waals surface area contributed by atoms with Crippen molar-refractivity contribution in [3.63, 3.8) is 0 Å². The van der Waals surface area contributed by atoms with Crippen LogP contribution in [0.3, 0.4) is 0 Å². The lowest BCUT2D eigenvalue weighted by molar-refractivity contribution is -0.137. The van der Waals surface area contributed by atoms with Crippen LogP contribution < -0.4 is 10.0 Å². The summed E-state index contributed by atoms with van der Waals surface area (Å²) in [5.41, 5.74) is -0.458. The molecule has 2 aromatic carbocycles. The molecule has 0 aliphatic heterocycles. The highest BCUT2D eigenvalue weighted by Gasteiger charge is 2.31. The third-order valence-electron chi connectivity index (χ3n) is 4.18. The minimum absolute atomic E-state index is 0.265. The maximum atomic E-state index is 12.7. The zero-order valence-corrected chi connectivity index (χ0v) is 16.2. The Bertz CT molecular complexity index is 927. The van der Waals surface area contributed by atoms with E-state index in [-0.39, 0.29) is 12.0 Å². The summed E-state index contributed by atoms with van der Waals surface area (Å²) in [6, 6.07) is 12.8. The molecule has 0 aliphatic carbocycles. The van der Waals surface area contributed by atoms with Crippen molar-refractivity contribution < 1.29 is 26.4 Å². The second-order valence-corrected chi connectivity index (χ2v) is 8.64. The molecule has 152 valence electrons. The van der Waals surface area contributed by atoms with Crippen molar-refractivity contribution in [1.29, 1.82) is 0 Å². The molecule has 0 spiro atoms. The second kappa shape index (κ2) is 8.32. The summed E-state index contributed by atoms with van der Waals surface area (Å²) in [4.78, 5) is 11.5. The SMILES string of the molecule is CC(C)(CNC(=O)CNS(=O)(=O)c1cccc(C(F)(F)F)c1)c1ccccc1. The van der Waals surface area contributed by atoms with Gasteiger partial charge in [0.25, 0.3) is 0 Å². The van der Waals surface area contributed by atoms with Crippen LogP contribution >= 0.6 is 0 Å². The number of amides is 1. The smallest absolute Gasteiger partial charge is 0.354 e. The van der Waals surface area contributed by atoms with Gasteiger partial charge in [0.15, 0.2) is 0 Å². The molecular weight excluding hydrogens is 393 g/mol. The van der Waals surface area contributed by atoms with E-state index in [4.69, 9.17) is 0 Å². The van der Waals surface area contributed by atoms with Crippen LogP contribution in [0.1, 0.15) is 25.0 Å². The van der Waals surface area contributed by atoms with Gasteiger partial charge in [0.2, 0.25) is 15.9 Å². The molecule has 9 heteroatoms. The minimum atomic E-state index is -4.66. The summed E-state index contributed by atoms with van der Waals surface area (Å²) >= 11 is 0. The number of benzene rings is 2. The molecule has 0 fully saturated rings. The monoisotopic (exact) mass is 414 g/mol. The van der Waals surface area contributed by atoms with E-state index in [0.29, 0.717) is 6.07 Å². The third-order valence-corrected chi connectivity index (χ3v) is 5.58. The molecule has 2 aromatic rings. The molecule has 0 saturated heterocycles.